The first-order valence-electron chi connectivity index (χ1n) is 12.4. The Bertz CT molecular complexity index is 878. The van der Waals surface area contributed by atoms with E-state index in [1.54, 1.807) is 6.07 Å². The van der Waals surface area contributed by atoms with Crippen LogP contribution in [0.15, 0.2) is 18.2 Å². The van der Waals surface area contributed by atoms with E-state index in [9.17, 15) is 10.1 Å². The number of hydrogen-bond acceptors (Lipinski definition) is 5. The lowest BCUT2D eigenvalue weighted by Crippen LogP contribution is -2.42. The van der Waals surface area contributed by atoms with Gasteiger partial charge < -0.3 is 10.1 Å². The number of nitrogens with one attached hydrogen (secondary N) is 1. The van der Waals surface area contributed by atoms with Gasteiger partial charge in [-0.05, 0) is 80.5 Å². The highest BCUT2D eigenvalue weighted by molar-refractivity contribution is 5.85. The molecular weight excluding hydrogens is 405 g/mol. The fourth-order valence-electron chi connectivity index (χ4n) is 6.42. The molecule has 3 saturated heterocycles. The third-order valence-electron chi connectivity index (χ3n) is 8.23. The fourth-order valence-corrected chi connectivity index (χ4v) is 6.42. The number of carbonyl (C=O) groups is 1. The summed E-state index contributed by atoms with van der Waals surface area (Å²) in [6, 6.07) is 8.67. The number of hydrogen-bond donors (Lipinski definition) is 1. The highest BCUT2D eigenvalue weighted by Crippen LogP contribution is 2.36. The predicted octanol–water partition coefficient (Wildman–Crippen LogP) is 3.58. The van der Waals surface area contributed by atoms with E-state index in [2.05, 4.69) is 16.3 Å². The van der Waals surface area contributed by atoms with Gasteiger partial charge in [-0.3, -0.25) is 9.69 Å². The van der Waals surface area contributed by atoms with Crippen molar-refractivity contribution in [3.8, 4) is 6.07 Å². The van der Waals surface area contributed by atoms with Gasteiger partial charge in [-0.2, -0.15) is 5.26 Å². The van der Waals surface area contributed by atoms with Crippen LogP contribution in [0.4, 0.5) is 4.39 Å². The van der Waals surface area contributed by atoms with E-state index in [1.165, 1.54) is 0 Å². The number of carbonyl (C=O) groups excluding carboxylic acids is 1. The smallest absolute Gasteiger partial charge is 0.151 e. The number of fused-ring (bicyclic) bond motifs is 2. The first-order valence-corrected chi connectivity index (χ1v) is 12.4. The van der Waals surface area contributed by atoms with Crippen LogP contribution in [0, 0.1) is 29.0 Å². The van der Waals surface area contributed by atoms with Crippen LogP contribution in [0.1, 0.15) is 62.0 Å². The number of nitrogens with zero attached hydrogens (tertiary/aromatic N) is 2. The Kier molecular flexibility index (Phi) is 6.59. The normalized spacial score (nSPS) is 33.3. The molecule has 4 aliphatic rings. The molecule has 1 aromatic carbocycles. The van der Waals surface area contributed by atoms with E-state index in [-0.39, 0.29) is 24.1 Å². The second-order valence-corrected chi connectivity index (χ2v) is 10.3. The second-order valence-electron chi connectivity index (χ2n) is 10.3. The Hall–Kier alpha value is -1.81. The predicted molar refractivity (Wildman–Crippen MR) is 120 cm³/mol. The zero-order valence-corrected chi connectivity index (χ0v) is 18.8. The van der Waals surface area contributed by atoms with Crippen molar-refractivity contribution in [2.75, 3.05) is 26.3 Å². The molecule has 1 N–H and O–H groups in total. The summed E-state index contributed by atoms with van der Waals surface area (Å²) in [5.41, 5.74) is 1.59. The summed E-state index contributed by atoms with van der Waals surface area (Å²) in [4.78, 5) is 15.3. The highest BCUT2D eigenvalue weighted by atomic mass is 19.1. The number of likely N-dealkylation sites (tertiary alicyclic amines) is 1. The molecule has 6 atom stereocenters. The SMILES string of the molecule is N#C[C@@H](CC(=O)[C@H]1N[C@@H]2CC[C@H]1C2)Cc1ccc(C2CCCN(C3CCOC3)C2)cc1F. The maximum atomic E-state index is 15.0. The van der Waals surface area contributed by atoms with Gasteiger partial charge in [0.05, 0.1) is 24.6 Å². The van der Waals surface area contributed by atoms with Crippen LogP contribution in [0.5, 0.6) is 0 Å². The highest BCUT2D eigenvalue weighted by Gasteiger charge is 2.42. The molecule has 5 nitrogen and oxygen atoms in total. The van der Waals surface area contributed by atoms with Crippen molar-refractivity contribution in [3.63, 3.8) is 0 Å². The summed E-state index contributed by atoms with van der Waals surface area (Å²) < 4.78 is 20.6. The average molecular weight is 440 g/mol. The lowest BCUT2D eigenvalue weighted by Gasteiger charge is -2.36. The van der Waals surface area contributed by atoms with Crippen molar-refractivity contribution in [3.05, 3.63) is 35.1 Å². The first-order chi connectivity index (χ1) is 15.6. The Balaban J connectivity index is 1.20. The molecule has 4 fully saturated rings. The molecule has 0 amide bonds. The van der Waals surface area contributed by atoms with Crippen LogP contribution in [0.2, 0.25) is 0 Å². The van der Waals surface area contributed by atoms with E-state index >= 15 is 4.39 Å². The van der Waals surface area contributed by atoms with Gasteiger partial charge in [-0.25, -0.2) is 4.39 Å². The summed E-state index contributed by atoms with van der Waals surface area (Å²) in [6.07, 6.45) is 7.14. The number of ketones is 1. The summed E-state index contributed by atoms with van der Waals surface area (Å²) in [7, 11) is 0. The molecule has 1 aliphatic carbocycles. The topological polar surface area (TPSA) is 65.4 Å². The third-order valence-corrected chi connectivity index (χ3v) is 8.23. The lowest BCUT2D eigenvalue weighted by atomic mass is 9.86. The Labute approximate surface area is 190 Å². The second kappa shape index (κ2) is 9.59. The molecule has 32 heavy (non-hydrogen) atoms. The van der Waals surface area contributed by atoms with Crippen LogP contribution in [-0.4, -0.2) is 55.1 Å². The van der Waals surface area contributed by atoms with Crippen LogP contribution >= 0.6 is 0 Å². The number of piperidine rings is 2. The molecule has 3 aliphatic heterocycles. The standard InChI is InChI=1S/C26H34FN3O2/c27-24-13-18(21-2-1-8-30(15-21)23-7-9-32-16-23)3-4-19(24)10-17(14-28)11-25(31)26-20-5-6-22(12-20)29-26/h3-4,13,17,20-23,26,29H,1-2,5-12,15-16H2/t17-,20+,21?,22-,23?,26+/m1/s1. The molecule has 2 unspecified atom stereocenters. The lowest BCUT2D eigenvalue weighted by molar-refractivity contribution is -0.122. The van der Waals surface area contributed by atoms with Crippen molar-refractivity contribution in [2.24, 2.45) is 11.8 Å². The Morgan fingerprint density at radius 2 is 2.22 bits per heavy atom. The van der Waals surface area contributed by atoms with Gasteiger partial charge in [-0.1, -0.05) is 12.1 Å². The van der Waals surface area contributed by atoms with Gasteiger partial charge in [0.1, 0.15) is 5.82 Å². The van der Waals surface area contributed by atoms with Crippen LogP contribution in [0.3, 0.4) is 0 Å². The Morgan fingerprint density at radius 3 is 2.91 bits per heavy atom. The molecule has 172 valence electrons. The number of nitriles is 1. The summed E-state index contributed by atoms with van der Waals surface area (Å²) in [6.45, 7) is 3.71. The van der Waals surface area contributed by atoms with E-state index < -0.39 is 5.92 Å². The number of ether oxygens (including phenoxy) is 1. The van der Waals surface area contributed by atoms with Crippen LogP contribution < -0.4 is 5.32 Å². The molecule has 0 radical (unpaired) electrons. The molecule has 1 saturated carbocycles. The van der Waals surface area contributed by atoms with Crippen molar-refractivity contribution >= 4 is 5.78 Å². The van der Waals surface area contributed by atoms with E-state index in [0.717, 1.165) is 70.4 Å². The molecule has 1 aromatic rings. The maximum Gasteiger partial charge on any atom is 0.151 e. The molecule has 0 spiro atoms. The first kappa shape index (κ1) is 22.0. The zero-order chi connectivity index (χ0) is 22.1. The third kappa shape index (κ3) is 4.62. The monoisotopic (exact) mass is 439 g/mol. The number of benzene rings is 1. The summed E-state index contributed by atoms with van der Waals surface area (Å²) >= 11 is 0. The molecule has 0 aromatic heterocycles. The van der Waals surface area contributed by atoms with Gasteiger partial charge in [-0.15, -0.1) is 0 Å². The maximum absolute atomic E-state index is 15.0. The quantitative estimate of drug-likeness (QED) is 0.704. The molecule has 2 bridgehead atoms. The molecular formula is C26H34FN3O2. The number of rotatable bonds is 7. The van der Waals surface area contributed by atoms with E-state index in [4.69, 9.17) is 4.74 Å². The minimum atomic E-state index is -0.476. The van der Waals surface area contributed by atoms with Gasteiger partial charge >= 0.3 is 0 Å². The molecule has 3 heterocycles. The number of halogens is 1. The van der Waals surface area contributed by atoms with E-state index in [1.807, 2.05) is 12.1 Å². The van der Waals surface area contributed by atoms with Gasteiger partial charge in [0.15, 0.2) is 5.78 Å². The van der Waals surface area contributed by atoms with Gasteiger partial charge in [0, 0.05) is 31.7 Å². The molecule has 6 heteroatoms. The average Bonchev–Trinajstić information content (AvgIpc) is 3.58. The zero-order valence-electron chi connectivity index (χ0n) is 18.8. The van der Waals surface area contributed by atoms with Crippen molar-refractivity contribution in [1.29, 1.82) is 5.26 Å². The number of Topliss-reactive ketones (excluding diaryl/α,β-unsaturated/α-hetero) is 1. The largest absolute Gasteiger partial charge is 0.380 e. The summed E-state index contributed by atoms with van der Waals surface area (Å²) in [5, 5.41) is 13.0. The van der Waals surface area contributed by atoms with Gasteiger partial charge in [0.25, 0.3) is 0 Å². The minimum absolute atomic E-state index is 0.101. The van der Waals surface area contributed by atoms with Crippen LogP contribution in [0.25, 0.3) is 0 Å². The summed E-state index contributed by atoms with van der Waals surface area (Å²) in [5.74, 6) is 0.170. The van der Waals surface area contributed by atoms with Crippen molar-refractivity contribution < 1.29 is 13.9 Å². The van der Waals surface area contributed by atoms with E-state index in [0.29, 0.717) is 35.9 Å². The fraction of sp³-hybridized carbons (Fsp3) is 0.692. The van der Waals surface area contributed by atoms with Crippen molar-refractivity contribution in [2.45, 2.75) is 75.4 Å². The van der Waals surface area contributed by atoms with Crippen LogP contribution in [-0.2, 0) is 16.0 Å². The minimum Gasteiger partial charge on any atom is -0.380 e. The Morgan fingerprint density at radius 1 is 1.31 bits per heavy atom. The van der Waals surface area contributed by atoms with Crippen molar-refractivity contribution in [1.82, 2.24) is 10.2 Å². The van der Waals surface area contributed by atoms with Gasteiger partial charge in [0.2, 0.25) is 0 Å². The molecule has 5 rings (SSSR count).